The molecule has 0 aliphatic carbocycles. The van der Waals surface area contributed by atoms with E-state index in [0.717, 1.165) is 0 Å². The maximum absolute atomic E-state index is 3.45. The molecule has 0 aromatic heterocycles. The number of hydrogen-bond acceptors (Lipinski definition) is 2. The molecule has 2 atom stereocenters. The van der Waals surface area contributed by atoms with Crippen molar-refractivity contribution in [1.29, 1.82) is 0 Å². The van der Waals surface area contributed by atoms with Gasteiger partial charge < -0.3 is 5.32 Å². The Balaban J connectivity index is 2.09. The van der Waals surface area contributed by atoms with Crippen molar-refractivity contribution >= 4 is 0 Å². The van der Waals surface area contributed by atoms with Gasteiger partial charge in [-0.3, -0.25) is 4.90 Å². The lowest BCUT2D eigenvalue weighted by molar-refractivity contribution is 0.212. The topological polar surface area (TPSA) is 15.3 Å². The molecule has 16 heavy (non-hydrogen) atoms. The van der Waals surface area contributed by atoms with Gasteiger partial charge in [0.1, 0.15) is 0 Å². The Kier molecular flexibility index (Phi) is 3.97. The second-order valence-corrected chi connectivity index (χ2v) is 4.66. The normalized spacial score (nSPS) is 20.9. The number of hydrogen-bond donors (Lipinski definition) is 1. The number of benzene rings is 1. The van der Waals surface area contributed by atoms with E-state index >= 15 is 0 Å². The van der Waals surface area contributed by atoms with E-state index in [9.17, 15) is 0 Å². The van der Waals surface area contributed by atoms with E-state index in [-0.39, 0.29) is 0 Å². The Bertz CT molecular complexity index is 304. The van der Waals surface area contributed by atoms with Crippen molar-refractivity contribution < 1.29 is 0 Å². The molecule has 2 heteroatoms. The van der Waals surface area contributed by atoms with Gasteiger partial charge in [0.25, 0.3) is 0 Å². The first-order valence-corrected chi connectivity index (χ1v) is 6.29. The van der Waals surface area contributed by atoms with Crippen LogP contribution in [0.2, 0.25) is 0 Å². The summed E-state index contributed by atoms with van der Waals surface area (Å²) in [6.07, 6.45) is 2.71. The number of likely N-dealkylation sites (tertiary alicyclic amines) is 1. The van der Waals surface area contributed by atoms with Crippen LogP contribution in [0.1, 0.15) is 31.4 Å². The van der Waals surface area contributed by atoms with Gasteiger partial charge in [-0.1, -0.05) is 30.3 Å². The van der Waals surface area contributed by atoms with E-state index in [4.69, 9.17) is 0 Å². The van der Waals surface area contributed by atoms with Gasteiger partial charge in [0.05, 0.1) is 0 Å². The van der Waals surface area contributed by atoms with E-state index in [1.54, 1.807) is 0 Å². The third-order valence-electron chi connectivity index (χ3n) is 3.67. The van der Waals surface area contributed by atoms with Crippen LogP contribution in [0.3, 0.4) is 0 Å². The highest BCUT2D eigenvalue weighted by Gasteiger charge is 2.25. The molecular formula is C14H22N2. The zero-order chi connectivity index (χ0) is 11.4. The van der Waals surface area contributed by atoms with Crippen LogP contribution in [0, 0.1) is 0 Å². The lowest BCUT2D eigenvalue weighted by atomic mass is 10.00. The predicted octanol–water partition coefficient (Wildman–Crippen LogP) is 2.43. The zero-order valence-electron chi connectivity index (χ0n) is 10.3. The largest absolute Gasteiger partial charge is 0.312 e. The quantitative estimate of drug-likeness (QED) is 0.835. The van der Waals surface area contributed by atoms with Crippen LogP contribution < -0.4 is 5.32 Å². The van der Waals surface area contributed by atoms with Crippen molar-refractivity contribution in [3.05, 3.63) is 35.9 Å². The fraction of sp³-hybridized carbons (Fsp3) is 0.571. The molecule has 1 aromatic carbocycles. The van der Waals surface area contributed by atoms with E-state index in [1.807, 2.05) is 0 Å². The highest BCUT2D eigenvalue weighted by Crippen LogP contribution is 2.23. The van der Waals surface area contributed by atoms with Crippen molar-refractivity contribution in [3.63, 3.8) is 0 Å². The first-order chi connectivity index (χ1) is 7.83. The Morgan fingerprint density at radius 1 is 1.12 bits per heavy atom. The fourth-order valence-electron chi connectivity index (χ4n) is 2.71. The minimum absolute atomic E-state index is 0.444. The maximum atomic E-state index is 3.45. The molecule has 0 saturated carbocycles. The van der Waals surface area contributed by atoms with Crippen LogP contribution in [-0.4, -0.2) is 31.1 Å². The smallest absolute Gasteiger partial charge is 0.0473 e. The van der Waals surface area contributed by atoms with Gasteiger partial charge in [-0.15, -0.1) is 0 Å². The molecule has 0 radical (unpaired) electrons. The molecule has 1 N–H and O–H groups in total. The van der Waals surface area contributed by atoms with Gasteiger partial charge in [0.2, 0.25) is 0 Å². The summed E-state index contributed by atoms with van der Waals surface area (Å²) in [6.45, 7) is 4.85. The van der Waals surface area contributed by atoms with Gasteiger partial charge in [-0.2, -0.15) is 0 Å². The third-order valence-corrected chi connectivity index (χ3v) is 3.67. The molecular weight excluding hydrogens is 196 g/mol. The molecule has 1 aliphatic rings. The van der Waals surface area contributed by atoms with Crippen LogP contribution in [-0.2, 0) is 0 Å². The molecule has 0 unspecified atom stereocenters. The molecule has 1 saturated heterocycles. The van der Waals surface area contributed by atoms with E-state index < -0.39 is 0 Å². The molecule has 0 amide bonds. The molecule has 1 heterocycles. The van der Waals surface area contributed by atoms with Crippen molar-refractivity contribution in [2.45, 2.75) is 31.8 Å². The van der Waals surface area contributed by atoms with E-state index in [0.29, 0.717) is 12.1 Å². The first kappa shape index (κ1) is 11.6. The van der Waals surface area contributed by atoms with Crippen LogP contribution in [0.15, 0.2) is 30.3 Å². The van der Waals surface area contributed by atoms with Crippen LogP contribution in [0.5, 0.6) is 0 Å². The summed E-state index contributed by atoms with van der Waals surface area (Å²) in [5.74, 6) is 0. The first-order valence-electron chi connectivity index (χ1n) is 6.29. The highest BCUT2D eigenvalue weighted by atomic mass is 15.2. The highest BCUT2D eigenvalue weighted by molar-refractivity contribution is 5.20. The number of nitrogens with one attached hydrogen (secondary N) is 1. The maximum Gasteiger partial charge on any atom is 0.0473 e. The molecule has 0 spiro atoms. The van der Waals surface area contributed by atoms with Gasteiger partial charge in [0.15, 0.2) is 0 Å². The third kappa shape index (κ3) is 2.45. The summed E-state index contributed by atoms with van der Waals surface area (Å²) in [7, 11) is 2.06. The average molecular weight is 218 g/mol. The van der Waals surface area contributed by atoms with Gasteiger partial charge in [-0.05, 0) is 45.5 Å². The molecule has 88 valence electrons. The zero-order valence-corrected chi connectivity index (χ0v) is 10.3. The van der Waals surface area contributed by atoms with Crippen LogP contribution in [0.4, 0.5) is 0 Å². The second-order valence-electron chi connectivity index (χ2n) is 4.66. The minimum Gasteiger partial charge on any atom is -0.312 e. The van der Waals surface area contributed by atoms with Crippen LogP contribution in [0.25, 0.3) is 0 Å². The summed E-state index contributed by atoms with van der Waals surface area (Å²) in [4.78, 5) is 2.59. The standard InChI is InChI=1S/C14H22N2/c1-12(16-10-6-7-11-16)14(15-2)13-8-4-3-5-9-13/h3-5,8-9,12,14-15H,6-7,10-11H2,1-2H3/t12-,14-/m1/s1. The fourth-order valence-corrected chi connectivity index (χ4v) is 2.71. The number of nitrogens with zero attached hydrogens (tertiary/aromatic N) is 1. The van der Waals surface area contributed by atoms with E-state index in [2.05, 4.69) is 54.5 Å². The van der Waals surface area contributed by atoms with Crippen molar-refractivity contribution in [2.24, 2.45) is 0 Å². The van der Waals surface area contributed by atoms with Crippen LogP contribution >= 0.6 is 0 Å². The van der Waals surface area contributed by atoms with Crippen molar-refractivity contribution in [3.8, 4) is 0 Å². The molecule has 1 aliphatic heterocycles. The number of likely N-dealkylation sites (N-methyl/N-ethyl adjacent to an activating group) is 1. The molecule has 1 fully saturated rings. The lowest BCUT2D eigenvalue weighted by Gasteiger charge is -2.31. The summed E-state index contributed by atoms with van der Waals surface area (Å²) in [5.41, 5.74) is 1.39. The molecule has 0 bridgehead atoms. The molecule has 2 nitrogen and oxygen atoms in total. The second kappa shape index (κ2) is 5.46. The summed E-state index contributed by atoms with van der Waals surface area (Å²) < 4.78 is 0. The van der Waals surface area contributed by atoms with E-state index in [1.165, 1.54) is 31.5 Å². The summed E-state index contributed by atoms with van der Waals surface area (Å²) >= 11 is 0. The Labute approximate surface area is 98.7 Å². The lowest BCUT2D eigenvalue weighted by Crippen LogP contribution is -2.40. The summed E-state index contributed by atoms with van der Waals surface area (Å²) in [6, 6.07) is 11.8. The predicted molar refractivity (Wildman–Crippen MR) is 68.5 cm³/mol. The molecule has 1 aromatic rings. The Morgan fingerprint density at radius 3 is 2.31 bits per heavy atom. The Hall–Kier alpha value is -0.860. The van der Waals surface area contributed by atoms with Crippen molar-refractivity contribution in [2.75, 3.05) is 20.1 Å². The number of rotatable bonds is 4. The van der Waals surface area contributed by atoms with Gasteiger partial charge in [0, 0.05) is 12.1 Å². The summed E-state index contributed by atoms with van der Waals surface area (Å²) in [5, 5.41) is 3.45. The van der Waals surface area contributed by atoms with Gasteiger partial charge >= 0.3 is 0 Å². The van der Waals surface area contributed by atoms with Gasteiger partial charge in [-0.25, -0.2) is 0 Å². The minimum atomic E-state index is 0.444. The Morgan fingerprint density at radius 2 is 1.75 bits per heavy atom. The van der Waals surface area contributed by atoms with Crippen molar-refractivity contribution in [1.82, 2.24) is 10.2 Å². The average Bonchev–Trinajstić information content (AvgIpc) is 2.85. The monoisotopic (exact) mass is 218 g/mol. The molecule has 2 rings (SSSR count). The SMILES string of the molecule is CN[C@@H](c1ccccc1)[C@@H](C)N1CCCC1.